The lowest BCUT2D eigenvalue weighted by Gasteiger charge is -2.51. The molecule has 1 aliphatic heterocycles. The van der Waals surface area contributed by atoms with Crippen molar-refractivity contribution in [3.8, 4) is 0 Å². The Morgan fingerprint density at radius 2 is 1.78 bits per heavy atom. The van der Waals surface area contributed by atoms with Gasteiger partial charge in [0.15, 0.2) is 0 Å². The molecule has 6 nitrogen and oxygen atoms in total. The molecule has 0 N–H and O–H groups in total. The van der Waals surface area contributed by atoms with Gasteiger partial charge in [-0.15, -0.1) is 0 Å². The maximum absolute atomic E-state index is 12.1. The van der Waals surface area contributed by atoms with Gasteiger partial charge in [-0.2, -0.15) is 0 Å². The molecule has 0 aromatic carbocycles. The molecule has 0 aromatic heterocycles. The lowest BCUT2D eigenvalue weighted by Crippen LogP contribution is -2.52. The van der Waals surface area contributed by atoms with E-state index >= 15 is 0 Å². The van der Waals surface area contributed by atoms with Crippen molar-refractivity contribution >= 4 is 12.1 Å². The smallest absolute Gasteiger partial charge is 0.410 e. The summed E-state index contributed by atoms with van der Waals surface area (Å²) in [6.45, 7) is 9.33. The molecule has 2 rings (SSSR count). The highest BCUT2D eigenvalue weighted by Crippen LogP contribution is 2.50. The average molecular weight is 327 g/mol. The lowest BCUT2D eigenvalue weighted by atomic mass is 9.61. The molecular weight excluding hydrogens is 298 g/mol. The summed E-state index contributed by atoms with van der Waals surface area (Å²) >= 11 is 0. The predicted molar refractivity (Wildman–Crippen MR) is 85.1 cm³/mol. The summed E-state index contributed by atoms with van der Waals surface area (Å²) in [6, 6.07) is 0. The molecule has 2 aliphatic rings. The third-order valence-corrected chi connectivity index (χ3v) is 4.54. The molecule has 1 saturated heterocycles. The molecule has 132 valence electrons. The summed E-state index contributed by atoms with van der Waals surface area (Å²) in [4.78, 5) is 25.1. The summed E-state index contributed by atoms with van der Waals surface area (Å²) in [6.07, 6.45) is 3.81. The van der Waals surface area contributed by atoms with Crippen LogP contribution in [0.1, 0.15) is 53.4 Å². The van der Waals surface area contributed by atoms with Crippen molar-refractivity contribution in [2.45, 2.75) is 65.1 Å². The number of piperidine rings is 1. The Balaban J connectivity index is 1.68. The molecule has 1 spiro atoms. The van der Waals surface area contributed by atoms with Gasteiger partial charge in [0.25, 0.3) is 0 Å². The summed E-state index contributed by atoms with van der Waals surface area (Å²) in [7, 11) is 0. The first kappa shape index (κ1) is 18.0. The zero-order chi connectivity index (χ0) is 17.1. The minimum Gasteiger partial charge on any atom is -0.464 e. The van der Waals surface area contributed by atoms with Gasteiger partial charge in [0, 0.05) is 13.1 Å². The van der Waals surface area contributed by atoms with Crippen molar-refractivity contribution in [2.24, 2.45) is 5.41 Å². The maximum Gasteiger partial charge on any atom is 0.410 e. The average Bonchev–Trinajstić information content (AvgIpc) is 2.41. The first-order valence-electron chi connectivity index (χ1n) is 8.48. The molecule has 6 heteroatoms. The maximum atomic E-state index is 12.1. The number of hydrogen-bond donors (Lipinski definition) is 0. The number of hydrogen-bond acceptors (Lipinski definition) is 5. The molecule has 0 aromatic rings. The summed E-state index contributed by atoms with van der Waals surface area (Å²) in [5, 5.41) is 0. The number of esters is 1. The van der Waals surface area contributed by atoms with Crippen LogP contribution in [0.15, 0.2) is 0 Å². The number of rotatable bonds is 4. The fourth-order valence-electron chi connectivity index (χ4n) is 3.31. The van der Waals surface area contributed by atoms with Gasteiger partial charge in [-0.05, 0) is 58.8 Å². The monoisotopic (exact) mass is 327 g/mol. The number of ether oxygens (including phenoxy) is 3. The van der Waals surface area contributed by atoms with Gasteiger partial charge < -0.3 is 19.1 Å². The van der Waals surface area contributed by atoms with Crippen molar-refractivity contribution < 1.29 is 23.8 Å². The van der Waals surface area contributed by atoms with Crippen molar-refractivity contribution in [2.75, 3.05) is 26.3 Å². The number of nitrogens with zero attached hydrogens (tertiary/aromatic N) is 1. The highest BCUT2D eigenvalue weighted by atomic mass is 16.6. The van der Waals surface area contributed by atoms with E-state index in [1.54, 1.807) is 11.8 Å². The van der Waals surface area contributed by atoms with Crippen LogP contribution < -0.4 is 0 Å². The van der Waals surface area contributed by atoms with Gasteiger partial charge in [-0.1, -0.05) is 0 Å². The van der Waals surface area contributed by atoms with Crippen LogP contribution in [-0.4, -0.2) is 55.0 Å². The zero-order valence-corrected chi connectivity index (χ0v) is 14.7. The molecule has 0 radical (unpaired) electrons. The quantitative estimate of drug-likeness (QED) is 0.743. The van der Waals surface area contributed by atoms with Gasteiger partial charge in [0.2, 0.25) is 0 Å². The number of carbonyl (C=O) groups is 2. The van der Waals surface area contributed by atoms with Gasteiger partial charge in [0.05, 0.1) is 12.7 Å². The first-order valence-corrected chi connectivity index (χ1v) is 8.48. The van der Waals surface area contributed by atoms with Crippen molar-refractivity contribution in [3.05, 3.63) is 0 Å². The van der Waals surface area contributed by atoms with E-state index in [1.165, 1.54) is 0 Å². The van der Waals surface area contributed by atoms with Crippen LogP contribution in [0.2, 0.25) is 0 Å². The third-order valence-electron chi connectivity index (χ3n) is 4.54. The fourth-order valence-corrected chi connectivity index (χ4v) is 3.31. The van der Waals surface area contributed by atoms with Crippen molar-refractivity contribution in [3.63, 3.8) is 0 Å². The molecule has 1 aliphatic carbocycles. The Kier molecular flexibility index (Phi) is 5.55. The molecular formula is C17H29NO5. The van der Waals surface area contributed by atoms with Gasteiger partial charge >= 0.3 is 12.1 Å². The number of likely N-dealkylation sites (tertiary alicyclic amines) is 1. The Morgan fingerprint density at radius 3 is 2.30 bits per heavy atom. The molecule has 1 heterocycles. The highest BCUT2D eigenvalue weighted by molar-refractivity contribution is 5.70. The van der Waals surface area contributed by atoms with Crippen LogP contribution >= 0.6 is 0 Å². The molecule has 23 heavy (non-hydrogen) atoms. The Hall–Kier alpha value is -1.30. The van der Waals surface area contributed by atoms with Crippen LogP contribution in [0.4, 0.5) is 4.79 Å². The van der Waals surface area contributed by atoms with Gasteiger partial charge in [-0.3, -0.25) is 0 Å². The van der Waals surface area contributed by atoms with Crippen LogP contribution in [0.3, 0.4) is 0 Å². The van der Waals surface area contributed by atoms with E-state index in [1.807, 2.05) is 20.8 Å². The van der Waals surface area contributed by atoms with E-state index in [9.17, 15) is 9.59 Å². The molecule has 0 bridgehead atoms. The normalized spacial score (nSPS) is 21.0. The third kappa shape index (κ3) is 5.09. The van der Waals surface area contributed by atoms with E-state index in [4.69, 9.17) is 14.2 Å². The van der Waals surface area contributed by atoms with E-state index in [0.717, 1.165) is 38.8 Å². The first-order chi connectivity index (χ1) is 10.7. The number of carbonyl (C=O) groups excluding carboxylic acids is 2. The summed E-state index contributed by atoms with van der Waals surface area (Å²) < 4.78 is 15.9. The van der Waals surface area contributed by atoms with Crippen LogP contribution in [0, 0.1) is 5.41 Å². The van der Waals surface area contributed by atoms with Crippen LogP contribution in [0.5, 0.6) is 0 Å². The summed E-state index contributed by atoms with van der Waals surface area (Å²) in [5.74, 6) is -0.298. The Morgan fingerprint density at radius 1 is 1.17 bits per heavy atom. The van der Waals surface area contributed by atoms with E-state index in [0.29, 0.717) is 6.61 Å². The lowest BCUT2D eigenvalue weighted by molar-refractivity contribution is -0.159. The SMILES string of the molecule is CCOC(=O)COC1CC2(CCN(C(=O)OC(C)(C)C)CC2)C1. The second kappa shape index (κ2) is 7.07. The van der Waals surface area contributed by atoms with Crippen molar-refractivity contribution in [1.82, 2.24) is 4.90 Å². The van der Waals surface area contributed by atoms with E-state index in [-0.39, 0.29) is 30.2 Å². The molecule has 0 atom stereocenters. The van der Waals surface area contributed by atoms with Gasteiger partial charge in [0.1, 0.15) is 12.2 Å². The topological polar surface area (TPSA) is 65.1 Å². The van der Waals surface area contributed by atoms with Crippen molar-refractivity contribution in [1.29, 1.82) is 0 Å². The van der Waals surface area contributed by atoms with E-state index in [2.05, 4.69) is 0 Å². The highest BCUT2D eigenvalue weighted by Gasteiger charge is 2.47. The second-order valence-electron chi connectivity index (χ2n) is 7.61. The second-order valence-corrected chi connectivity index (χ2v) is 7.61. The van der Waals surface area contributed by atoms with Gasteiger partial charge in [-0.25, -0.2) is 9.59 Å². The molecule has 1 saturated carbocycles. The molecule has 2 fully saturated rings. The standard InChI is InChI=1S/C17H29NO5/c1-5-21-14(19)12-22-13-10-17(11-13)6-8-18(9-7-17)15(20)23-16(2,3)4/h13H,5-12H2,1-4H3. The van der Waals surface area contributed by atoms with Crippen LogP contribution in [-0.2, 0) is 19.0 Å². The van der Waals surface area contributed by atoms with E-state index < -0.39 is 5.60 Å². The molecule has 0 unspecified atom stereocenters. The Bertz CT molecular complexity index is 427. The fraction of sp³-hybridized carbons (Fsp3) is 0.882. The predicted octanol–water partition coefficient (Wildman–Crippen LogP) is 2.75. The minimum absolute atomic E-state index is 0.0403. The largest absolute Gasteiger partial charge is 0.464 e. The number of amides is 1. The summed E-state index contributed by atoms with van der Waals surface area (Å²) in [5.41, 5.74) is -0.174. The van der Waals surface area contributed by atoms with Crippen LogP contribution in [0.25, 0.3) is 0 Å². The molecule has 1 amide bonds. The Labute approximate surface area is 138 Å². The minimum atomic E-state index is -0.450. The zero-order valence-electron chi connectivity index (χ0n) is 14.7.